The predicted octanol–water partition coefficient (Wildman–Crippen LogP) is 2.49. The third-order valence-corrected chi connectivity index (χ3v) is 5.13. The van der Waals surface area contributed by atoms with Crippen LogP contribution in [0.2, 0.25) is 0 Å². The number of hydrogen-bond donors (Lipinski definition) is 2. The Morgan fingerprint density at radius 2 is 1.86 bits per heavy atom. The molecule has 0 bridgehead atoms. The van der Waals surface area contributed by atoms with Crippen LogP contribution >= 0.6 is 0 Å². The molecule has 3 N–H and O–H groups in total. The quantitative estimate of drug-likeness (QED) is 0.772. The summed E-state index contributed by atoms with van der Waals surface area (Å²) in [5.41, 5.74) is 5.55. The molecule has 0 aliphatic heterocycles. The maximum absolute atomic E-state index is 12.4. The van der Waals surface area contributed by atoms with Gasteiger partial charge in [-0.15, -0.1) is 0 Å². The molecule has 0 aliphatic rings. The largest absolute Gasteiger partial charge is 0.330 e. The molecule has 1 atom stereocenters. The van der Waals surface area contributed by atoms with Gasteiger partial charge in [0.25, 0.3) is 0 Å². The Labute approximate surface area is 126 Å². The second-order valence-corrected chi connectivity index (χ2v) is 7.09. The molecular weight excluding hydrogens is 284 g/mol. The SMILES string of the molecule is CC(CN)CCCNS(=O)(=O)c1cccc2ccccc12. The highest BCUT2D eigenvalue weighted by molar-refractivity contribution is 7.89. The average molecular weight is 306 g/mol. The number of sulfonamides is 1. The Hall–Kier alpha value is -1.43. The van der Waals surface area contributed by atoms with E-state index in [1.807, 2.05) is 30.3 Å². The van der Waals surface area contributed by atoms with Gasteiger partial charge in [0.05, 0.1) is 4.90 Å². The Morgan fingerprint density at radius 3 is 2.62 bits per heavy atom. The third-order valence-electron chi connectivity index (χ3n) is 3.61. The van der Waals surface area contributed by atoms with Crippen molar-refractivity contribution in [2.45, 2.75) is 24.7 Å². The maximum Gasteiger partial charge on any atom is 0.241 e. The Bertz CT molecular complexity index is 693. The second-order valence-electron chi connectivity index (χ2n) is 5.36. The molecule has 0 amide bonds. The molecule has 2 rings (SSSR count). The standard InChI is InChI=1S/C16H22N2O2S/c1-13(12-17)6-5-11-18-21(19,20)16-10-4-8-14-7-2-3-9-15(14)16/h2-4,7-10,13,18H,5-6,11-12,17H2,1H3. The van der Waals surface area contributed by atoms with Crippen molar-refractivity contribution >= 4 is 20.8 Å². The fraction of sp³-hybridized carbons (Fsp3) is 0.375. The molecule has 21 heavy (non-hydrogen) atoms. The van der Waals surface area contributed by atoms with Gasteiger partial charge in [-0.1, -0.05) is 43.3 Å². The molecule has 0 fully saturated rings. The van der Waals surface area contributed by atoms with Gasteiger partial charge in [-0.3, -0.25) is 0 Å². The molecule has 114 valence electrons. The monoisotopic (exact) mass is 306 g/mol. The highest BCUT2D eigenvalue weighted by Gasteiger charge is 2.16. The molecule has 0 saturated heterocycles. The van der Waals surface area contributed by atoms with Crippen LogP contribution in [0.1, 0.15) is 19.8 Å². The van der Waals surface area contributed by atoms with Gasteiger partial charge < -0.3 is 5.73 Å². The lowest BCUT2D eigenvalue weighted by Gasteiger charge is -2.11. The molecule has 1 unspecified atom stereocenters. The fourth-order valence-electron chi connectivity index (χ4n) is 2.28. The average Bonchev–Trinajstić information content (AvgIpc) is 2.50. The zero-order valence-electron chi connectivity index (χ0n) is 12.2. The lowest BCUT2D eigenvalue weighted by Crippen LogP contribution is -2.25. The van der Waals surface area contributed by atoms with E-state index in [4.69, 9.17) is 5.73 Å². The lowest BCUT2D eigenvalue weighted by atomic mass is 10.1. The number of rotatable bonds is 7. The van der Waals surface area contributed by atoms with Crippen LogP contribution < -0.4 is 10.5 Å². The highest BCUT2D eigenvalue weighted by atomic mass is 32.2. The summed E-state index contributed by atoms with van der Waals surface area (Å²) in [4.78, 5) is 0.340. The van der Waals surface area contributed by atoms with E-state index >= 15 is 0 Å². The molecule has 0 radical (unpaired) electrons. The normalized spacial score (nSPS) is 13.4. The predicted molar refractivity (Wildman–Crippen MR) is 86.6 cm³/mol. The summed E-state index contributed by atoms with van der Waals surface area (Å²) in [5.74, 6) is 0.423. The number of nitrogens with two attached hydrogens (primary N) is 1. The minimum absolute atomic E-state index is 0.340. The van der Waals surface area contributed by atoms with Gasteiger partial charge >= 0.3 is 0 Å². The number of fused-ring (bicyclic) bond motifs is 1. The van der Waals surface area contributed by atoms with Crippen molar-refractivity contribution in [2.75, 3.05) is 13.1 Å². The van der Waals surface area contributed by atoms with Gasteiger partial charge in [-0.2, -0.15) is 0 Å². The van der Waals surface area contributed by atoms with E-state index < -0.39 is 10.0 Å². The third kappa shape index (κ3) is 4.03. The van der Waals surface area contributed by atoms with Gasteiger partial charge in [0, 0.05) is 11.9 Å². The highest BCUT2D eigenvalue weighted by Crippen LogP contribution is 2.22. The van der Waals surface area contributed by atoms with E-state index in [2.05, 4.69) is 11.6 Å². The number of benzene rings is 2. The van der Waals surface area contributed by atoms with Gasteiger partial charge in [0.1, 0.15) is 0 Å². The number of hydrogen-bond acceptors (Lipinski definition) is 3. The van der Waals surface area contributed by atoms with Crippen molar-refractivity contribution in [3.63, 3.8) is 0 Å². The summed E-state index contributed by atoms with van der Waals surface area (Å²) in [6, 6.07) is 12.8. The Balaban J connectivity index is 2.11. The van der Waals surface area contributed by atoms with Crippen LogP contribution in [0, 0.1) is 5.92 Å². The summed E-state index contributed by atoms with van der Waals surface area (Å²) >= 11 is 0. The van der Waals surface area contributed by atoms with Crippen molar-refractivity contribution in [3.8, 4) is 0 Å². The van der Waals surface area contributed by atoms with E-state index in [0.29, 0.717) is 23.9 Å². The molecule has 0 aliphatic carbocycles. The summed E-state index contributed by atoms with van der Waals surface area (Å²) in [7, 11) is -3.47. The summed E-state index contributed by atoms with van der Waals surface area (Å²) < 4.78 is 27.5. The summed E-state index contributed by atoms with van der Waals surface area (Å²) in [6.45, 7) is 3.14. The van der Waals surface area contributed by atoms with Gasteiger partial charge in [0.2, 0.25) is 10.0 Å². The maximum atomic E-state index is 12.4. The molecule has 4 nitrogen and oxygen atoms in total. The molecule has 0 aromatic heterocycles. The topological polar surface area (TPSA) is 72.2 Å². The molecule has 5 heteroatoms. The Kier molecular flexibility index (Phi) is 5.33. The van der Waals surface area contributed by atoms with E-state index in [9.17, 15) is 8.42 Å². The van der Waals surface area contributed by atoms with Gasteiger partial charge in [-0.05, 0) is 36.8 Å². The van der Waals surface area contributed by atoms with E-state index in [-0.39, 0.29) is 0 Å². The Morgan fingerprint density at radius 1 is 1.14 bits per heavy atom. The summed E-state index contributed by atoms with van der Waals surface area (Å²) in [5, 5.41) is 1.68. The first-order chi connectivity index (χ1) is 10.0. The minimum atomic E-state index is -3.47. The molecule has 2 aromatic rings. The zero-order valence-corrected chi connectivity index (χ0v) is 13.1. The number of nitrogens with one attached hydrogen (secondary N) is 1. The van der Waals surface area contributed by atoms with Crippen molar-refractivity contribution in [1.29, 1.82) is 0 Å². The molecule has 2 aromatic carbocycles. The van der Waals surface area contributed by atoms with Crippen molar-refractivity contribution in [1.82, 2.24) is 4.72 Å². The fourth-order valence-corrected chi connectivity index (χ4v) is 3.58. The van der Waals surface area contributed by atoms with Crippen LogP contribution in [0.3, 0.4) is 0 Å². The van der Waals surface area contributed by atoms with Gasteiger partial charge in [-0.25, -0.2) is 13.1 Å². The van der Waals surface area contributed by atoms with Crippen LogP contribution in [0.4, 0.5) is 0 Å². The van der Waals surface area contributed by atoms with Crippen LogP contribution in [0.5, 0.6) is 0 Å². The van der Waals surface area contributed by atoms with Crippen molar-refractivity contribution in [2.24, 2.45) is 11.7 Å². The van der Waals surface area contributed by atoms with Crippen LogP contribution in [0.25, 0.3) is 10.8 Å². The van der Waals surface area contributed by atoms with E-state index in [1.165, 1.54) is 0 Å². The van der Waals surface area contributed by atoms with Crippen molar-refractivity contribution < 1.29 is 8.42 Å². The first-order valence-electron chi connectivity index (χ1n) is 7.22. The zero-order chi connectivity index (χ0) is 15.3. The molecule has 0 spiro atoms. The minimum Gasteiger partial charge on any atom is -0.330 e. The molecular formula is C16H22N2O2S. The van der Waals surface area contributed by atoms with Gasteiger partial charge in [0.15, 0.2) is 0 Å². The first kappa shape index (κ1) is 15.9. The first-order valence-corrected chi connectivity index (χ1v) is 8.70. The van der Waals surface area contributed by atoms with Crippen LogP contribution in [-0.4, -0.2) is 21.5 Å². The van der Waals surface area contributed by atoms with E-state index in [0.717, 1.165) is 23.6 Å². The molecule has 0 saturated carbocycles. The molecule has 0 heterocycles. The van der Waals surface area contributed by atoms with Crippen LogP contribution in [-0.2, 0) is 10.0 Å². The second kappa shape index (κ2) is 7.02. The van der Waals surface area contributed by atoms with E-state index in [1.54, 1.807) is 12.1 Å². The van der Waals surface area contributed by atoms with Crippen LogP contribution in [0.15, 0.2) is 47.4 Å². The summed E-state index contributed by atoms with van der Waals surface area (Å²) in [6.07, 6.45) is 1.72. The smallest absolute Gasteiger partial charge is 0.241 e. The van der Waals surface area contributed by atoms with Crippen molar-refractivity contribution in [3.05, 3.63) is 42.5 Å². The lowest BCUT2D eigenvalue weighted by molar-refractivity contribution is 0.513.